The van der Waals surface area contributed by atoms with Gasteiger partial charge >= 0.3 is 5.97 Å². The van der Waals surface area contributed by atoms with Crippen molar-refractivity contribution in [1.82, 2.24) is 9.21 Å². The first kappa shape index (κ1) is 15.2. The van der Waals surface area contributed by atoms with Gasteiger partial charge in [0.05, 0.1) is 6.26 Å². The zero-order chi connectivity index (χ0) is 14.9. The summed E-state index contributed by atoms with van der Waals surface area (Å²) in [6.07, 6.45) is 3.35. The number of carboxylic acids is 1. The van der Waals surface area contributed by atoms with Crippen molar-refractivity contribution in [2.45, 2.75) is 31.7 Å². The molecule has 2 fully saturated rings. The van der Waals surface area contributed by atoms with Gasteiger partial charge in [-0.05, 0) is 25.2 Å². The number of piperidine rings is 1. The number of hydrogen-bond acceptors (Lipinski definition) is 4. The maximum Gasteiger partial charge on any atom is 0.326 e. The van der Waals surface area contributed by atoms with Crippen LogP contribution in [-0.4, -0.2) is 66.5 Å². The fourth-order valence-electron chi connectivity index (χ4n) is 2.97. The molecule has 2 rings (SSSR count). The molecule has 1 amide bonds. The van der Waals surface area contributed by atoms with Gasteiger partial charge in [0.1, 0.15) is 6.04 Å². The minimum absolute atomic E-state index is 0.0161. The third-order valence-electron chi connectivity index (χ3n) is 4.02. The summed E-state index contributed by atoms with van der Waals surface area (Å²) in [6, 6.07) is -0.754. The van der Waals surface area contributed by atoms with E-state index < -0.39 is 22.0 Å². The molecule has 2 atom stereocenters. The van der Waals surface area contributed by atoms with Gasteiger partial charge in [-0.15, -0.1) is 0 Å². The first-order valence-electron chi connectivity index (χ1n) is 6.76. The molecule has 0 bridgehead atoms. The van der Waals surface area contributed by atoms with Crippen molar-refractivity contribution in [1.29, 1.82) is 0 Å². The quantitative estimate of drug-likeness (QED) is 0.771. The van der Waals surface area contributed by atoms with E-state index in [1.807, 2.05) is 0 Å². The van der Waals surface area contributed by atoms with E-state index in [1.165, 1.54) is 15.5 Å². The van der Waals surface area contributed by atoms with E-state index in [4.69, 9.17) is 5.11 Å². The van der Waals surface area contributed by atoms with Gasteiger partial charge in [0.2, 0.25) is 15.9 Å². The monoisotopic (exact) mass is 304 g/mol. The molecule has 0 spiro atoms. The van der Waals surface area contributed by atoms with Gasteiger partial charge in [0, 0.05) is 26.1 Å². The van der Waals surface area contributed by atoms with Crippen LogP contribution in [0.5, 0.6) is 0 Å². The highest BCUT2D eigenvalue weighted by Gasteiger charge is 2.38. The van der Waals surface area contributed by atoms with E-state index >= 15 is 0 Å². The summed E-state index contributed by atoms with van der Waals surface area (Å²) < 4.78 is 24.5. The van der Waals surface area contributed by atoms with Gasteiger partial charge in [-0.3, -0.25) is 4.79 Å². The molecule has 0 aromatic rings. The number of sulfonamides is 1. The highest BCUT2D eigenvalue weighted by Crippen LogP contribution is 2.25. The zero-order valence-electron chi connectivity index (χ0n) is 11.5. The van der Waals surface area contributed by atoms with Gasteiger partial charge in [-0.2, -0.15) is 0 Å². The average molecular weight is 304 g/mol. The summed E-state index contributed by atoms with van der Waals surface area (Å²) in [7, 11) is -3.22. The highest BCUT2D eigenvalue weighted by atomic mass is 32.2. The number of likely N-dealkylation sites (tertiary alicyclic amines) is 1. The lowest BCUT2D eigenvalue weighted by Crippen LogP contribution is -2.46. The van der Waals surface area contributed by atoms with E-state index in [-0.39, 0.29) is 18.2 Å². The van der Waals surface area contributed by atoms with Crippen molar-refractivity contribution in [2.24, 2.45) is 5.92 Å². The van der Waals surface area contributed by atoms with Gasteiger partial charge < -0.3 is 10.0 Å². The van der Waals surface area contributed by atoms with Gasteiger partial charge in [-0.1, -0.05) is 0 Å². The molecule has 2 aliphatic heterocycles. The lowest BCUT2D eigenvalue weighted by molar-refractivity contribution is -0.146. The average Bonchev–Trinajstić information content (AvgIpc) is 2.70. The van der Waals surface area contributed by atoms with Gasteiger partial charge in [-0.25, -0.2) is 17.5 Å². The summed E-state index contributed by atoms with van der Waals surface area (Å²) >= 11 is 0. The van der Waals surface area contributed by atoms with E-state index in [1.54, 1.807) is 0 Å². The van der Waals surface area contributed by atoms with Crippen molar-refractivity contribution >= 4 is 21.9 Å². The minimum atomic E-state index is -3.22. The Balaban J connectivity index is 2.02. The minimum Gasteiger partial charge on any atom is -0.480 e. The van der Waals surface area contributed by atoms with Gasteiger partial charge in [0.15, 0.2) is 0 Å². The maximum absolute atomic E-state index is 11.8. The molecule has 114 valence electrons. The Morgan fingerprint density at radius 3 is 2.70 bits per heavy atom. The number of carbonyl (C=O) groups excluding carboxylic acids is 1. The van der Waals surface area contributed by atoms with E-state index in [0.29, 0.717) is 26.1 Å². The van der Waals surface area contributed by atoms with Crippen LogP contribution in [0.2, 0.25) is 0 Å². The van der Waals surface area contributed by atoms with E-state index in [9.17, 15) is 18.0 Å². The Kier molecular flexibility index (Phi) is 4.33. The second kappa shape index (κ2) is 5.69. The molecule has 2 unspecified atom stereocenters. The molecule has 1 N–H and O–H groups in total. The fraction of sp³-hybridized carbons (Fsp3) is 0.833. The molecule has 7 nitrogen and oxygen atoms in total. The van der Waals surface area contributed by atoms with Crippen molar-refractivity contribution in [3.63, 3.8) is 0 Å². The van der Waals surface area contributed by atoms with Crippen LogP contribution in [0.1, 0.15) is 25.7 Å². The van der Waals surface area contributed by atoms with Crippen molar-refractivity contribution < 1.29 is 23.1 Å². The van der Waals surface area contributed by atoms with Crippen LogP contribution < -0.4 is 0 Å². The first-order valence-corrected chi connectivity index (χ1v) is 8.61. The molecule has 20 heavy (non-hydrogen) atoms. The summed E-state index contributed by atoms with van der Waals surface area (Å²) in [5, 5.41) is 9.11. The van der Waals surface area contributed by atoms with E-state index in [0.717, 1.165) is 12.8 Å². The van der Waals surface area contributed by atoms with Crippen LogP contribution in [0.4, 0.5) is 0 Å². The van der Waals surface area contributed by atoms with Crippen molar-refractivity contribution in [3.05, 3.63) is 0 Å². The zero-order valence-corrected chi connectivity index (χ0v) is 12.3. The summed E-state index contributed by atoms with van der Waals surface area (Å²) in [4.78, 5) is 24.3. The molecule has 0 aromatic heterocycles. The summed E-state index contributed by atoms with van der Waals surface area (Å²) in [6.45, 7) is 1.21. The number of carboxylic acid groups (broad SMARTS) is 1. The lowest BCUT2D eigenvalue weighted by atomic mass is 9.98. The summed E-state index contributed by atoms with van der Waals surface area (Å²) in [5.74, 6) is -1.11. The molecule has 0 aliphatic carbocycles. The Labute approximate surface area is 118 Å². The number of hydrogen-bond donors (Lipinski definition) is 1. The SMILES string of the molecule is CS(=O)(=O)N1CCCC(CN2C(=O)CCC2C(=O)O)C1. The number of amides is 1. The molecular formula is C12H20N2O5S. The second-order valence-electron chi connectivity index (χ2n) is 5.57. The predicted octanol–water partition coefficient (Wildman–Crippen LogP) is -0.266. The van der Waals surface area contributed by atoms with Crippen molar-refractivity contribution in [3.8, 4) is 0 Å². The largest absolute Gasteiger partial charge is 0.480 e. The first-order chi connectivity index (χ1) is 9.29. The molecule has 2 saturated heterocycles. The third kappa shape index (κ3) is 3.29. The van der Waals surface area contributed by atoms with Crippen LogP contribution in [0.3, 0.4) is 0 Å². The highest BCUT2D eigenvalue weighted by molar-refractivity contribution is 7.88. The summed E-state index contributed by atoms with van der Waals surface area (Å²) in [5.41, 5.74) is 0. The molecule has 2 aliphatic rings. The van der Waals surface area contributed by atoms with Crippen LogP contribution in [-0.2, 0) is 19.6 Å². The van der Waals surface area contributed by atoms with Crippen LogP contribution >= 0.6 is 0 Å². The smallest absolute Gasteiger partial charge is 0.326 e. The predicted molar refractivity (Wildman–Crippen MR) is 71.5 cm³/mol. The Hall–Kier alpha value is -1.15. The van der Waals surface area contributed by atoms with E-state index in [2.05, 4.69) is 0 Å². The van der Waals surface area contributed by atoms with Gasteiger partial charge in [0.25, 0.3) is 0 Å². The van der Waals surface area contributed by atoms with Crippen LogP contribution in [0, 0.1) is 5.92 Å². The topological polar surface area (TPSA) is 95.0 Å². The number of aliphatic carboxylic acids is 1. The standard InChI is InChI=1S/C12H20N2O5S/c1-20(18,19)13-6-2-3-9(7-13)8-14-10(12(16)17)4-5-11(14)15/h9-10H,2-8H2,1H3,(H,16,17). The lowest BCUT2D eigenvalue weighted by Gasteiger charge is -2.34. The Bertz CT molecular complexity index is 504. The molecular weight excluding hydrogens is 284 g/mol. The number of carbonyl (C=O) groups is 2. The van der Waals surface area contributed by atoms with Crippen LogP contribution in [0.25, 0.3) is 0 Å². The third-order valence-corrected chi connectivity index (χ3v) is 5.29. The Morgan fingerprint density at radius 1 is 1.40 bits per heavy atom. The molecule has 8 heteroatoms. The normalized spacial score (nSPS) is 28.9. The second-order valence-corrected chi connectivity index (χ2v) is 7.55. The molecule has 0 saturated carbocycles. The van der Waals surface area contributed by atoms with Crippen LogP contribution in [0.15, 0.2) is 0 Å². The maximum atomic E-state index is 11.8. The fourth-order valence-corrected chi connectivity index (χ4v) is 3.92. The Morgan fingerprint density at radius 2 is 2.10 bits per heavy atom. The molecule has 0 aromatic carbocycles. The molecule has 0 radical (unpaired) electrons. The van der Waals surface area contributed by atoms with Crippen molar-refractivity contribution in [2.75, 3.05) is 25.9 Å². The molecule has 2 heterocycles. The number of nitrogens with zero attached hydrogens (tertiary/aromatic N) is 2. The number of rotatable bonds is 4.